The first-order valence-corrected chi connectivity index (χ1v) is 8.23. The van der Waals surface area contributed by atoms with Crippen molar-refractivity contribution in [1.29, 1.82) is 0 Å². The second-order valence-corrected chi connectivity index (χ2v) is 5.96. The fraction of sp³-hybridized carbons (Fsp3) is 0.389. The van der Waals surface area contributed by atoms with Crippen LogP contribution in [-0.2, 0) is 0 Å². The summed E-state index contributed by atoms with van der Waals surface area (Å²) in [6.07, 6.45) is 6.03. The third-order valence-electron chi connectivity index (χ3n) is 4.11. The molecule has 2 rings (SSSR count). The molecule has 0 bridgehead atoms. The van der Waals surface area contributed by atoms with Crippen LogP contribution in [0.4, 0.5) is 4.79 Å². The van der Waals surface area contributed by atoms with Gasteiger partial charge in [0.05, 0.1) is 0 Å². The molecule has 1 heterocycles. The van der Waals surface area contributed by atoms with Crippen LogP contribution in [0.2, 0.25) is 5.02 Å². The maximum atomic E-state index is 11.8. The highest BCUT2D eigenvalue weighted by molar-refractivity contribution is 6.33. The Labute approximate surface area is 137 Å². The van der Waals surface area contributed by atoms with Crippen molar-refractivity contribution < 1.29 is 4.79 Å². The van der Waals surface area contributed by atoms with E-state index in [4.69, 9.17) is 17.3 Å². The molecule has 1 atom stereocenters. The Balaban J connectivity index is 2.56. The number of unbranched alkanes of at least 4 members (excludes halogenated alkanes) is 1. The molecule has 0 radical (unpaired) electrons. The van der Waals surface area contributed by atoms with Crippen LogP contribution < -0.4 is 5.73 Å². The molecule has 0 saturated heterocycles. The van der Waals surface area contributed by atoms with Gasteiger partial charge in [0.1, 0.15) is 0 Å². The second-order valence-electron chi connectivity index (χ2n) is 5.55. The molecule has 22 heavy (non-hydrogen) atoms. The highest BCUT2D eigenvalue weighted by atomic mass is 35.5. The Morgan fingerprint density at radius 3 is 2.55 bits per heavy atom. The maximum Gasteiger partial charge on any atom is 0.323 e. The molecule has 2 aromatic rings. The standard InChI is InChI=1S/C18H23ClN2O/c1-3-5-8-13(4-2)17-15(11-12-21(17)18(20)22)14-9-6-7-10-16(14)19/h6-7,9-13H,3-5,8H2,1-2H3,(H2,20,22). The van der Waals surface area contributed by atoms with Gasteiger partial charge in [-0.25, -0.2) is 4.79 Å². The number of amides is 1. The SMILES string of the molecule is CCCCC(CC)c1c(-c2ccccc2Cl)ccn1C(N)=O. The summed E-state index contributed by atoms with van der Waals surface area (Å²) < 4.78 is 1.57. The van der Waals surface area contributed by atoms with Crippen molar-refractivity contribution in [2.75, 3.05) is 0 Å². The normalized spacial score (nSPS) is 12.3. The number of carbonyl (C=O) groups excluding carboxylic acids is 1. The molecule has 1 unspecified atom stereocenters. The molecular weight excluding hydrogens is 296 g/mol. The van der Waals surface area contributed by atoms with Crippen molar-refractivity contribution in [1.82, 2.24) is 4.57 Å². The second kappa shape index (κ2) is 7.50. The molecule has 4 heteroatoms. The average Bonchev–Trinajstić information content (AvgIpc) is 2.93. The van der Waals surface area contributed by atoms with Gasteiger partial charge >= 0.3 is 6.03 Å². The van der Waals surface area contributed by atoms with E-state index in [-0.39, 0.29) is 0 Å². The minimum Gasteiger partial charge on any atom is -0.351 e. The van der Waals surface area contributed by atoms with Gasteiger partial charge in [0.2, 0.25) is 0 Å². The smallest absolute Gasteiger partial charge is 0.323 e. The number of nitrogens with zero attached hydrogens (tertiary/aromatic N) is 1. The Morgan fingerprint density at radius 1 is 1.23 bits per heavy atom. The lowest BCUT2D eigenvalue weighted by Crippen LogP contribution is -2.22. The first-order chi connectivity index (χ1) is 10.6. The van der Waals surface area contributed by atoms with E-state index in [9.17, 15) is 4.79 Å². The molecule has 1 amide bonds. The Hall–Kier alpha value is -1.74. The Bertz CT molecular complexity index is 648. The van der Waals surface area contributed by atoms with E-state index < -0.39 is 6.03 Å². The van der Waals surface area contributed by atoms with Gasteiger partial charge in [0.15, 0.2) is 0 Å². The maximum absolute atomic E-state index is 11.8. The van der Waals surface area contributed by atoms with Gasteiger partial charge in [-0.3, -0.25) is 4.57 Å². The predicted octanol–water partition coefficient (Wildman–Crippen LogP) is 5.42. The van der Waals surface area contributed by atoms with Crippen LogP contribution >= 0.6 is 11.6 Å². The molecular formula is C18H23ClN2O. The zero-order valence-electron chi connectivity index (χ0n) is 13.2. The first-order valence-electron chi connectivity index (χ1n) is 7.86. The first kappa shape index (κ1) is 16.6. The van der Waals surface area contributed by atoms with Crippen LogP contribution in [0, 0.1) is 0 Å². The number of carbonyl (C=O) groups is 1. The highest BCUT2D eigenvalue weighted by Crippen LogP contribution is 2.37. The van der Waals surface area contributed by atoms with E-state index in [2.05, 4.69) is 13.8 Å². The topological polar surface area (TPSA) is 48.0 Å². The zero-order valence-corrected chi connectivity index (χ0v) is 13.9. The van der Waals surface area contributed by atoms with Crippen LogP contribution in [0.1, 0.15) is 51.1 Å². The third-order valence-corrected chi connectivity index (χ3v) is 4.44. The number of halogens is 1. The molecule has 2 N–H and O–H groups in total. The average molecular weight is 319 g/mol. The summed E-state index contributed by atoms with van der Waals surface area (Å²) in [6.45, 7) is 4.32. The van der Waals surface area contributed by atoms with E-state index in [0.717, 1.165) is 42.5 Å². The third kappa shape index (κ3) is 3.36. The quantitative estimate of drug-likeness (QED) is 0.759. The summed E-state index contributed by atoms with van der Waals surface area (Å²) in [5, 5.41) is 0.691. The fourth-order valence-electron chi connectivity index (χ4n) is 2.95. The summed E-state index contributed by atoms with van der Waals surface area (Å²) in [5.74, 6) is 0.300. The molecule has 1 aromatic carbocycles. The molecule has 0 aliphatic rings. The molecule has 0 aliphatic heterocycles. The van der Waals surface area contributed by atoms with Crippen LogP contribution in [0.3, 0.4) is 0 Å². The largest absolute Gasteiger partial charge is 0.351 e. The van der Waals surface area contributed by atoms with Crippen molar-refractivity contribution in [3.63, 3.8) is 0 Å². The number of hydrogen-bond donors (Lipinski definition) is 1. The minimum atomic E-state index is -0.441. The zero-order chi connectivity index (χ0) is 16.1. The molecule has 0 aliphatic carbocycles. The molecule has 0 saturated carbocycles. The van der Waals surface area contributed by atoms with Crippen LogP contribution in [0.5, 0.6) is 0 Å². The summed E-state index contributed by atoms with van der Waals surface area (Å²) in [6, 6.07) is 9.22. The fourth-order valence-corrected chi connectivity index (χ4v) is 3.18. The molecule has 0 fully saturated rings. The monoisotopic (exact) mass is 318 g/mol. The number of aromatic nitrogens is 1. The molecule has 1 aromatic heterocycles. The molecule has 3 nitrogen and oxygen atoms in total. The van der Waals surface area contributed by atoms with Crippen LogP contribution in [-0.4, -0.2) is 10.6 Å². The lowest BCUT2D eigenvalue weighted by molar-refractivity contribution is 0.249. The number of hydrogen-bond acceptors (Lipinski definition) is 1. The van der Waals surface area contributed by atoms with E-state index in [1.54, 1.807) is 10.8 Å². The van der Waals surface area contributed by atoms with E-state index in [1.807, 2.05) is 30.3 Å². The lowest BCUT2D eigenvalue weighted by atomic mass is 9.91. The molecule has 0 spiro atoms. The van der Waals surface area contributed by atoms with E-state index >= 15 is 0 Å². The number of primary amides is 1. The van der Waals surface area contributed by atoms with E-state index in [0.29, 0.717) is 10.9 Å². The predicted molar refractivity (Wildman–Crippen MR) is 92.4 cm³/mol. The van der Waals surface area contributed by atoms with Crippen molar-refractivity contribution in [2.24, 2.45) is 5.73 Å². The van der Waals surface area contributed by atoms with Gasteiger partial charge in [-0.05, 0) is 25.0 Å². The number of benzene rings is 1. The van der Waals surface area contributed by atoms with Crippen molar-refractivity contribution in [3.8, 4) is 11.1 Å². The Morgan fingerprint density at radius 2 is 1.95 bits per heavy atom. The van der Waals surface area contributed by atoms with Gasteiger partial charge in [0.25, 0.3) is 0 Å². The van der Waals surface area contributed by atoms with Gasteiger partial charge in [0, 0.05) is 34.0 Å². The van der Waals surface area contributed by atoms with Crippen molar-refractivity contribution in [2.45, 2.75) is 45.4 Å². The van der Waals surface area contributed by atoms with Gasteiger partial charge in [-0.1, -0.05) is 56.5 Å². The van der Waals surface area contributed by atoms with Crippen molar-refractivity contribution in [3.05, 3.63) is 47.2 Å². The summed E-state index contributed by atoms with van der Waals surface area (Å²) in [5.41, 5.74) is 8.50. The number of rotatable bonds is 6. The van der Waals surface area contributed by atoms with Gasteiger partial charge < -0.3 is 5.73 Å². The summed E-state index contributed by atoms with van der Waals surface area (Å²) >= 11 is 6.35. The van der Waals surface area contributed by atoms with Gasteiger partial charge in [-0.15, -0.1) is 0 Å². The van der Waals surface area contributed by atoms with Crippen LogP contribution in [0.25, 0.3) is 11.1 Å². The lowest BCUT2D eigenvalue weighted by Gasteiger charge is -2.19. The van der Waals surface area contributed by atoms with Crippen LogP contribution in [0.15, 0.2) is 36.5 Å². The summed E-state index contributed by atoms with van der Waals surface area (Å²) in [4.78, 5) is 11.8. The number of nitrogens with two attached hydrogens (primary N) is 1. The highest BCUT2D eigenvalue weighted by Gasteiger charge is 2.22. The van der Waals surface area contributed by atoms with Crippen molar-refractivity contribution >= 4 is 17.6 Å². The summed E-state index contributed by atoms with van der Waals surface area (Å²) in [7, 11) is 0. The molecule has 118 valence electrons. The van der Waals surface area contributed by atoms with E-state index in [1.165, 1.54) is 0 Å². The van der Waals surface area contributed by atoms with Gasteiger partial charge in [-0.2, -0.15) is 0 Å². The minimum absolute atomic E-state index is 0.300. The Kier molecular flexibility index (Phi) is 5.67.